The minimum absolute atomic E-state index is 0.0457. The minimum atomic E-state index is 0.0457. The monoisotopic (exact) mass is 237 g/mol. The van der Waals surface area contributed by atoms with Gasteiger partial charge in [0, 0.05) is 19.2 Å². The molecule has 0 bridgehead atoms. The molecule has 0 aliphatic carbocycles. The summed E-state index contributed by atoms with van der Waals surface area (Å²) in [6.45, 7) is 7.22. The average molecular weight is 237 g/mol. The lowest BCUT2D eigenvalue weighted by atomic mass is 10.1. The molecule has 96 valence electrons. The second-order valence-corrected chi connectivity index (χ2v) is 5.13. The second-order valence-electron chi connectivity index (χ2n) is 5.13. The van der Waals surface area contributed by atoms with E-state index < -0.39 is 0 Å². The zero-order valence-corrected chi connectivity index (χ0v) is 11.4. The topological polar surface area (TPSA) is 30.5 Å². The predicted octanol–water partition coefficient (Wildman–Crippen LogP) is 2.77. The minimum Gasteiger partial charge on any atom is -0.497 e. The zero-order chi connectivity index (χ0) is 12.9. The molecule has 0 amide bonds. The Bertz CT molecular complexity index is 344. The molecule has 0 aromatic heterocycles. The first-order valence-electron chi connectivity index (χ1n) is 5.88. The van der Waals surface area contributed by atoms with Crippen LogP contribution in [0, 0.1) is 0 Å². The summed E-state index contributed by atoms with van der Waals surface area (Å²) in [7, 11) is 3.41. The fourth-order valence-corrected chi connectivity index (χ4v) is 1.58. The Labute approximate surface area is 104 Å². The maximum Gasteiger partial charge on any atom is 0.119 e. The van der Waals surface area contributed by atoms with Crippen molar-refractivity contribution >= 4 is 0 Å². The molecule has 3 nitrogen and oxygen atoms in total. The molecule has 0 saturated carbocycles. The van der Waals surface area contributed by atoms with Crippen molar-refractivity contribution in [3.05, 3.63) is 29.8 Å². The van der Waals surface area contributed by atoms with Crippen molar-refractivity contribution in [1.82, 2.24) is 5.32 Å². The molecule has 1 atom stereocenters. The summed E-state index contributed by atoms with van der Waals surface area (Å²) in [5, 5.41) is 3.44. The van der Waals surface area contributed by atoms with E-state index in [1.807, 2.05) is 18.2 Å². The molecule has 1 aromatic rings. The largest absolute Gasteiger partial charge is 0.497 e. The molecule has 0 aliphatic heterocycles. The average Bonchev–Trinajstić information content (AvgIpc) is 2.29. The molecule has 0 saturated heterocycles. The SMILES string of the molecule is COc1cccc(C(CNC(C)(C)C)OC)c1. The molecule has 1 rings (SSSR count). The highest BCUT2D eigenvalue weighted by atomic mass is 16.5. The predicted molar refractivity (Wildman–Crippen MR) is 70.5 cm³/mol. The molecule has 3 heteroatoms. The Morgan fingerprint density at radius 2 is 1.94 bits per heavy atom. The molecule has 17 heavy (non-hydrogen) atoms. The van der Waals surface area contributed by atoms with Gasteiger partial charge in [0.15, 0.2) is 0 Å². The third-order valence-electron chi connectivity index (χ3n) is 2.57. The molecule has 0 aliphatic rings. The van der Waals surface area contributed by atoms with Crippen LogP contribution in [-0.4, -0.2) is 26.3 Å². The van der Waals surface area contributed by atoms with Crippen molar-refractivity contribution in [2.45, 2.75) is 32.4 Å². The van der Waals surface area contributed by atoms with Gasteiger partial charge in [-0.1, -0.05) is 12.1 Å². The van der Waals surface area contributed by atoms with E-state index in [2.05, 4.69) is 32.2 Å². The van der Waals surface area contributed by atoms with Crippen LogP contribution < -0.4 is 10.1 Å². The van der Waals surface area contributed by atoms with Gasteiger partial charge in [0.05, 0.1) is 13.2 Å². The number of hydrogen-bond acceptors (Lipinski definition) is 3. The first kappa shape index (κ1) is 14.0. The van der Waals surface area contributed by atoms with E-state index in [1.165, 1.54) is 0 Å². The summed E-state index contributed by atoms with van der Waals surface area (Å²) in [6, 6.07) is 7.99. The Morgan fingerprint density at radius 1 is 1.24 bits per heavy atom. The summed E-state index contributed by atoms with van der Waals surface area (Å²) in [6.07, 6.45) is 0.0457. The summed E-state index contributed by atoms with van der Waals surface area (Å²) in [4.78, 5) is 0. The van der Waals surface area contributed by atoms with Crippen molar-refractivity contribution < 1.29 is 9.47 Å². The zero-order valence-electron chi connectivity index (χ0n) is 11.4. The highest BCUT2D eigenvalue weighted by molar-refractivity contribution is 5.30. The van der Waals surface area contributed by atoms with Crippen LogP contribution in [-0.2, 0) is 4.74 Å². The maximum absolute atomic E-state index is 5.51. The molecule has 0 spiro atoms. The summed E-state index contributed by atoms with van der Waals surface area (Å²) in [5.74, 6) is 0.861. The van der Waals surface area contributed by atoms with Crippen molar-refractivity contribution in [1.29, 1.82) is 0 Å². The molecule has 1 unspecified atom stereocenters. The first-order chi connectivity index (χ1) is 7.96. The number of hydrogen-bond donors (Lipinski definition) is 1. The van der Waals surface area contributed by atoms with Crippen LogP contribution in [0.2, 0.25) is 0 Å². The molecule has 0 radical (unpaired) electrons. The van der Waals surface area contributed by atoms with Crippen molar-refractivity contribution in [2.75, 3.05) is 20.8 Å². The van der Waals surface area contributed by atoms with Gasteiger partial charge < -0.3 is 14.8 Å². The number of benzene rings is 1. The van der Waals surface area contributed by atoms with Crippen LogP contribution in [0.3, 0.4) is 0 Å². The fraction of sp³-hybridized carbons (Fsp3) is 0.571. The van der Waals surface area contributed by atoms with E-state index in [0.717, 1.165) is 17.9 Å². The van der Waals surface area contributed by atoms with E-state index in [0.29, 0.717) is 0 Å². The maximum atomic E-state index is 5.51. The Morgan fingerprint density at radius 3 is 2.47 bits per heavy atom. The van der Waals surface area contributed by atoms with Crippen LogP contribution in [0.1, 0.15) is 32.4 Å². The third-order valence-corrected chi connectivity index (χ3v) is 2.57. The Hall–Kier alpha value is -1.06. The number of nitrogens with one attached hydrogen (secondary N) is 1. The smallest absolute Gasteiger partial charge is 0.119 e. The highest BCUT2D eigenvalue weighted by Crippen LogP contribution is 2.21. The van der Waals surface area contributed by atoms with Gasteiger partial charge in [-0.25, -0.2) is 0 Å². The number of ether oxygens (including phenoxy) is 2. The Balaban J connectivity index is 2.72. The van der Waals surface area contributed by atoms with Gasteiger partial charge in [-0.15, -0.1) is 0 Å². The van der Waals surface area contributed by atoms with Crippen LogP contribution in [0.4, 0.5) is 0 Å². The third kappa shape index (κ3) is 4.75. The van der Waals surface area contributed by atoms with Crippen LogP contribution in [0.25, 0.3) is 0 Å². The van der Waals surface area contributed by atoms with Gasteiger partial charge in [0.1, 0.15) is 5.75 Å². The summed E-state index contributed by atoms with van der Waals surface area (Å²) in [5.41, 5.74) is 1.22. The standard InChI is InChI=1S/C14H23NO2/c1-14(2,3)15-10-13(17-5)11-7-6-8-12(9-11)16-4/h6-9,13,15H,10H2,1-5H3. The molecule has 1 N–H and O–H groups in total. The Kier molecular flexibility index (Phi) is 4.97. The van der Waals surface area contributed by atoms with Crippen molar-refractivity contribution in [2.24, 2.45) is 0 Å². The molecule has 0 heterocycles. The second kappa shape index (κ2) is 6.03. The fourth-order valence-electron chi connectivity index (χ4n) is 1.58. The van der Waals surface area contributed by atoms with E-state index in [1.54, 1.807) is 14.2 Å². The van der Waals surface area contributed by atoms with E-state index in [-0.39, 0.29) is 11.6 Å². The van der Waals surface area contributed by atoms with E-state index >= 15 is 0 Å². The lowest BCUT2D eigenvalue weighted by molar-refractivity contribution is 0.0957. The lowest BCUT2D eigenvalue weighted by Gasteiger charge is -2.25. The molecular weight excluding hydrogens is 214 g/mol. The van der Waals surface area contributed by atoms with Gasteiger partial charge >= 0.3 is 0 Å². The van der Waals surface area contributed by atoms with Crippen LogP contribution >= 0.6 is 0 Å². The van der Waals surface area contributed by atoms with Gasteiger partial charge in [-0.05, 0) is 38.5 Å². The normalized spacial score (nSPS) is 13.5. The molecule has 0 fully saturated rings. The lowest BCUT2D eigenvalue weighted by Crippen LogP contribution is -2.38. The van der Waals surface area contributed by atoms with E-state index in [4.69, 9.17) is 9.47 Å². The van der Waals surface area contributed by atoms with Gasteiger partial charge in [-0.3, -0.25) is 0 Å². The van der Waals surface area contributed by atoms with Gasteiger partial charge in [-0.2, -0.15) is 0 Å². The van der Waals surface area contributed by atoms with Crippen LogP contribution in [0.15, 0.2) is 24.3 Å². The van der Waals surface area contributed by atoms with Crippen LogP contribution in [0.5, 0.6) is 5.75 Å². The molecular formula is C14H23NO2. The van der Waals surface area contributed by atoms with Crippen molar-refractivity contribution in [3.8, 4) is 5.75 Å². The highest BCUT2D eigenvalue weighted by Gasteiger charge is 2.15. The quantitative estimate of drug-likeness (QED) is 0.854. The van der Waals surface area contributed by atoms with E-state index in [9.17, 15) is 0 Å². The van der Waals surface area contributed by atoms with Crippen molar-refractivity contribution in [3.63, 3.8) is 0 Å². The first-order valence-corrected chi connectivity index (χ1v) is 5.88. The summed E-state index contributed by atoms with van der Waals surface area (Å²) >= 11 is 0. The van der Waals surface area contributed by atoms with Gasteiger partial charge in [0.25, 0.3) is 0 Å². The summed E-state index contributed by atoms with van der Waals surface area (Å²) < 4.78 is 10.7. The number of rotatable bonds is 5. The molecule has 1 aromatic carbocycles. The number of methoxy groups -OCH3 is 2. The van der Waals surface area contributed by atoms with Gasteiger partial charge in [0.2, 0.25) is 0 Å².